The van der Waals surface area contributed by atoms with E-state index in [0.29, 0.717) is 13.0 Å². The minimum Gasteiger partial charge on any atom is -0.432 e. The third-order valence-electron chi connectivity index (χ3n) is 6.95. The number of carbonyl (C=O) groups excluding carboxylic acids is 1. The molecule has 1 aliphatic carbocycles. The van der Waals surface area contributed by atoms with E-state index in [9.17, 15) is 4.79 Å². The lowest BCUT2D eigenvalue weighted by Gasteiger charge is -2.49. The fourth-order valence-corrected chi connectivity index (χ4v) is 5.30. The average Bonchev–Trinajstić information content (AvgIpc) is 3.14. The molecule has 3 aliphatic rings. The van der Waals surface area contributed by atoms with Crippen LogP contribution in [0, 0.1) is 11.3 Å². The Kier molecular flexibility index (Phi) is 6.99. The lowest BCUT2D eigenvalue weighted by molar-refractivity contribution is -0.236. The fourth-order valence-electron chi connectivity index (χ4n) is 5.30. The Labute approximate surface area is 187 Å². The highest BCUT2D eigenvalue weighted by Crippen LogP contribution is 2.61. The summed E-state index contributed by atoms with van der Waals surface area (Å²) >= 11 is 0. The van der Waals surface area contributed by atoms with Gasteiger partial charge in [-0.25, -0.2) is 4.79 Å². The smallest absolute Gasteiger partial charge is 0.335 e. The number of ether oxygens (including phenoxy) is 4. The van der Waals surface area contributed by atoms with Crippen LogP contribution in [0.25, 0.3) is 0 Å². The minimum absolute atomic E-state index is 0.00506. The highest BCUT2D eigenvalue weighted by Gasteiger charge is 2.67. The van der Waals surface area contributed by atoms with Gasteiger partial charge in [0.2, 0.25) is 0 Å². The van der Waals surface area contributed by atoms with Crippen molar-refractivity contribution in [3.05, 3.63) is 47.3 Å². The van der Waals surface area contributed by atoms with Gasteiger partial charge in [-0.2, -0.15) is 0 Å². The average molecular weight is 431 g/mol. The Balaban J connectivity index is 1.97. The summed E-state index contributed by atoms with van der Waals surface area (Å²) in [6.07, 6.45) is 13.2. The monoisotopic (exact) mass is 430 g/mol. The van der Waals surface area contributed by atoms with Crippen LogP contribution in [-0.2, 0) is 23.7 Å². The van der Waals surface area contributed by atoms with Crippen LogP contribution in [0.1, 0.15) is 67.2 Å². The second-order valence-corrected chi connectivity index (χ2v) is 10.1. The summed E-state index contributed by atoms with van der Waals surface area (Å²) < 4.78 is 24.1. The third-order valence-corrected chi connectivity index (χ3v) is 6.95. The number of allylic oxidation sites excluding steroid dienone is 4. The van der Waals surface area contributed by atoms with Crippen LogP contribution in [-0.4, -0.2) is 37.2 Å². The first-order chi connectivity index (χ1) is 14.5. The molecule has 2 saturated heterocycles. The molecule has 0 bridgehead atoms. The zero-order valence-electron chi connectivity index (χ0n) is 20.1. The molecule has 172 valence electrons. The van der Waals surface area contributed by atoms with Gasteiger partial charge in [-0.3, -0.25) is 0 Å². The molecule has 2 aliphatic heterocycles. The lowest BCUT2D eigenvalue weighted by atomic mass is 9.58. The number of esters is 1. The maximum absolute atomic E-state index is 12.1. The van der Waals surface area contributed by atoms with E-state index >= 15 is 0 Å². The Bertz CT molecular complexity index is 814. The van der Waals surface area contributed by atoms with E-state index in [1.54, 1.807) is 13.4 Å². The Morgan fingerprint density at radius 1 is 1.23 bits per heavy atom. The van der Waals surface area contributed by atoms with E-state index in [1.807, 2.05) is 26.8 Å². The van der Waals surface area contributed by atoms with Crippen molar-refractivity contribution in [1.82, 2.24) is 0 Å². The summed E-state index contributed by atoms with van der Waals surface area (Å²) in [7, 11) is 1.68. The van der Waals surface area contributed by atoms with Gasteiger partial charge in [0.15, 0.2) is 5.79 Å². The maximum Gasteiger partial charge on any atom is 0.335 e. The SMILES string of the molecule is CO[C@]1(C)CC2OCC3=CC[C@](C)(CCC=C(C)C)C(/C=C/OC(=O)C=C(C)C)C32O1. The van der Waals surface area contributed by atoms with Crippen LogP contribution in [0.4, 0.5) is 0 Å². The summed E-state index contributed by atoms with van der Waals surface area (Å²) in [5.41, 5.74) is 2.75. The fraction of sp³-hybridized carbons (Fsp3) is 0.654. The van der Waals surface area contributed by atoms with Crippen molar-refractivity contribution in [3.63, 3.8) is 0 Å². The van der Waals surface area contributed by atoms with Crippen molar-refractivity contribution in [2.24, 2.45) is 11.3 Å². The summed E-state index contributed by atoms with van der Waals surface area (Å²) in [6.45, 7) is 12.9. The van der Waals surface area contributed by atoms with Gasteiger partial charge in [-0.1, -0.05) is 30.2 Å². The van der Waals surface area contributed by atoms with Gasteiger partial charge in [-0.15, -0.1) is 0 Å². The molecule has 1 spiro atoms. The summed E-state index contributed by atoms with van der Waals surface area (Å²) in [5, 5.41) is 0. The molecule has 0 amide bonds. The van der Waals surface area contributed by atoms with Crippen LogP contribution in [0.2, 0.25) is 0 Å². The molecule has 0 N–H and O–H groups in total. The summed E-state index contributed by atoms with van der Waals surface area (Å²) in [4.78, 5) is 12.1. The van der Waals surface area contributed by atoms with Gasteiger partial charge >= 0.3 is 5.97 Å². The molecule has 5 heteroatoms. The second-order valence-electron chi connectivity index (χ2n) is 10.1. The highest BCUT2D eigenvalue weighted by atomic mass is 16.7. The number of rotatable bonds is 7. The second kappa shape index (κ2) is 9.05. The topological polar surface area (TPSA) is 54.0 Å². The van der Waals surface area contributed by atoms with Crippen LogP contribution in [0.5, 0.6) is 0 Å². The molecular weight excluding hydrogens is 392 g/mol. The van der Waals surface area contributed by atoms with Crippen LogP contribution in [0.3, 0.4) is 0 Å². The van der Waals surface area contributed by atoms with Crippen LogP contribution >= 0.6 is 0 Å². The Morgan fingerprint density at radius 3 is 2.61 bits per heavy atom. The zero-order valence-corrected chi connectivity index (χ0v) is 20.1. The first-order valence-corrected chi connectivity index (χ1v) is 11.3. The minimum atomic E-state index is -0.701. The van der Waals surface area contributed by atoms with Crippen LogP contribution < -0.4 is 0 Å². The molecule has 3 rings (SSSR count). The van der Waals surface area contributed by atoms with Gasteiger partial charge in [0.1, 0.15) is 5.60 Å². The highest BCUT2D eigenvalue weighted by molar-refractivity contribution is 5.83. The molecule has 0 aromatic heterocycles. The number of carbonyl (C=O) groups is 1. The predicted octanol–water partition coefficient (Wildman–Crippen LogP) is 5.63. The number of methoxy groups -OCH3 is 1. The van der Waals surface area contributed by atoms with Crippen molar-refractivity contribution in [3.8, 4) is 0 Å². The van der Waals surface area contributed by atoms with Crippen molar-refractivity contribution < 1.29 is 23.7 Å². The summed E-state index contributed by atoms with van der Waals surface area (Å²) in [5.74, 6) is -1.07. The van der Waals surface area contributed by atoms with Gasteiger partial charge in [0.25, 0.3) is 0 Å². The first-order valence-electron chi connectivity index (χ1n) is 11.3. The Hall–Kier alpha value is -1.69. The summed E-state index contributed by atoms with van der Waals surface area (Å²) in [6, 6.07) is 0. The normalized spacial score (nSPS) is 36.5. The molecule has 0 aromatic carbocycles. The van der Waals surface area contributed by atoms with Gasteiger partial charge in [-0.05, 0) is 70.9 Å². The third kappa shape index (κ3) is 4.74. The van der Waals surface area contributed by atoms with Crippen molar-refractivity contribution in [2.75, 3.05) is 13.7 Å². The van der Waals surface area contributed by atoms with Crippen molar-refractivity contribution in [2.45, 2.75) is 84.7 Å². The maximum atomic E-state index is 12.1. The zero-order chi connectivity index (χ0) is 22.9. The standard InChI is InChI=1S/C26H38O5/c1-18(2)9-8-12-24(5)13-10-20-17-30-22-16-25(6,28-7)31-26(20,22)21(24)11-14-29-23(27)15-19(3)4/h9-11,14-15,21-22H,8,12-13,16-17H2,1-7H3/b14-11+/t21?,22?,24-,25-,26?/m0/s1. The van der Waals surface area contributed by atoms with E-state index in [4.69, 9.17) is 18.9 Å². The van der Waals surface area contributed by atoms with Crippen LogP contribution in [0.15, 0.2) is 47.3 Å². The molecule has 3 unspecified atom stereocenters. The van der Waals surface area contributed by atoms with E-state index in [-0.39, 0.29) is 23.4 Å². The molecule has 0 aromatic rings. The molecule has 2 fully saturated rings. The van der Waals surface area contributed by atoms with E-state index in [1.165, 1.54) is 17.2 Å². The van der Waals surface area contributed by atoms with Gasteiger partial charge in [0, 0.05) is 25.5 Å². The predicted molar refractivity (Wildman–Crippen MR) is 121 cm³/mol. The molecule has 2 heterocycles. The van der Waals surface area contributed by atoms with Crippen molar-refractivity contribution >= 4 is 5.97 Å². The molecule has 5 atom stereocenters. The largest absolute Gasteiger partial charge is 0.432 e. The molecule has 0 radical (unpaired) electrons. The molecular formula is C26H38O5. The number of hydrogen-bond donors (Lipinski definition) is 0. The Morgan fingerprint density at radius 2 is 1.97 bits per heavy atom. The van der Waals surface area contributed by atoms with Crippen molar-refractivity contribution in [1.29, 1.82) is 0 Å². The van der Waals surface area contributed by atoms with Gasteiger partial charge < -0.3 is 18.9 Å². The molecule has 5 nitrogen and oxygen atoms in total. The number of hydrogen-bond acceptors (Lipinski definition) is 5. The quantitative estimate of drug-likeness (QED) is 0.227. The van der Waals surface area contributed by atoms with E-state index in [0.717, 1.165) is 24.8 Å². The molecule has 31 heavy (non-hydrogen) atoms. The van der Waals surface area contributed by atoms with E-state index < -0.39 is 11.4 Å². The first kappa shape index (κ1) is 24.0. The van der Waals surface area contributed by atoms with Gasteiger partial charge in [0.05, 0.1) is 19.0 Å². The lowest BCUT2D eigenvalue weighted by Crippen LogP contribution is -2.53. The van der Waals surface area contributed by atoms with E-state index in [2.05, 4.69) is 32.9 Å². The molecule has 0 saturated carbocycles.